The summed E-state index contributed by atoms with van der Waals surface area (Å²) in [6.45, 7) is 2.28. The van der Waals surface area contributed by atoms with Crippen LogP contribution >= 0.6 is 0 Å². The first-order valence-electron chi connectivity index (χ1n) is 5.67. The Hall–Kier alpha value is -1.65. The van der Waals surface area contributed by atoms with Crippen molar-refractivity contribution in [2.24, 2.45) is 0 Å². The van der Waals surface area contributed by atoms with Crippen molar-refractivity contribution in [3.05, 3.63) is 12.2 Å². The number of unbranched alkanes of at least 4 members (excludes halogenated alkanes) is 1. The van der Waals surface area contributed by atoms with Gasteiger partial charge in [0, 0.05) is 13.0 Å². The van der Waals surface area contributed by atoms with Gasteiger partial charge in [0.05, 0.1) is 7.11 Å². The minimum Gasteiger partial charge on any atom is -0.469 e. The maximum absolute atomic E-state index is 11.2. The van der Waals surface area contributed by atoms with E-state index in [0.717, 1.165) is 12.8 Å². The van der Waals surface area contributed by atoms with Crippen LogP contribution in [0.1, 0.15) is 32.6 Å². The van der Waals surface area contributed by atoms with E-state index in [1.807, 2.05) is 6.92 Å². The summed E-state index contributed by atoms with van der Waals surface area (Å²) < 4.78 is 4.44. The maximum atomic E-state index is 11.2. The van der Waals surface area contributed by atoms with Gasteiger partial charge in [0.1, 0.15) is 0 Å². The fourth-order valence-corrected chi connectivity index (χ4v) is 1.06. The third-order valence-electron chi connectivity index (χ3n) is 2.02. The molecular formula is C12H19NO4. The zero-order chi connectivity index (χ0) is 13.1. The Bertz CT molecular complexity index is 297. The number of methoxy groups -OCH3 is 1. The van der Waals surface area contributed by atoms with Gasteiger partial charge in [-0.05, 0) is 18.9 Å². The van der Waals surface area contributed by atoms with E-state index in [9.17, 15) is 14.4 Å². The minimum absolute atomic E-state index is 0.233. The van der Waals surface area contributed by atoms with Gasteiger partial charge in [-0.1, -0.05) is 19.4 Å². The molecule has 0 atom stereocenters. The average molecular weight is 241 g/mol. The molecule has 0 rings (SSSR count). The van der Waals surface area contributed by atoms with Crippen molar-refractivity contribution < 1.29 is 19.1 Å². The molecule has 0 aliphatic rings. The molecule has 0 aromatic carbocycles. The van der Waals surface area contributed by atoms with Gasteiger partial charge in [-0.15, -0.1) is 0 Å². The van der Waals surface area contributed by atoms with Crippen LogP contribution in [0.3, 0.4) is 0 Å². The highest BCUT2D eigenvalue weighted by Crippen LogP contribution is 1.91. The Morgan fingerprint density at radius 2 is 2.00 bits per heavy atom. The summed E-state index contributed by atoms with van der Waals surface area (Å²) in [6, 6.07) is 0. The Morgan fingerprint density at radius 3 is 2.59 bits per heavy atom. The van der Waals surface area contributed by atoms with Crippen molar-refractivity contribution in [1.29, 1.82) is 0 Å². The van der Waals surface area contributed by atoms with Crippen LogP contribution in [-0.2, 0) is 19.1 Å². The third-order valence-corrected chi connectivity index (χ3v) is 2.02. The predicted octanol–water partition coefficient (Wildman–Crippen LogP) is 0.981. The van der Waals surface area contributed by atoms with Crippen molar-refractivity contribution in [2.45, 2.75) is 32.6 Å². The summed E-state index contributed by atoms with van der Waals surface area (Å²) in [5.41, 5.74) is 0. The van der Waals surface area contributed by atoms with Gasteiger partial charge in [0.25, 0.3) is 5.91 Å². The highest BCUT2D eigenvalue weighted by molar-refractivity contribution is 6.40. The van der Waals surface area contributed by atoms with E-state index in [0.29, 0.717) is 13.0 Å². The second-order valence-electron chi connectivity index (χ2n) is 3.49. The number of rotatable bonds is 8. The van der Waals surface area contributed by atoms with Gasteiger partial charge in [0.15, 0.2) is 0 Å². The molecule has 5 nitrogen and oxygen atoms in total. The topological polar surface area (TPSA) is 72.5 Å². The fraction of sp³-hybridized carbons (Fsp3) is 0.583. The van der Waals surface area contributed by atoms with Crippen LogP contribution < -0.4 is 5.32 Å². The molecule has 5 heteroatoms. The standard InChI is InChI=1S/C12H19NO4/c1-3-4-5-7-10(14)12(16)13-9-6-8-11(15)17-2/h5,7H,3-4,6,8-9H2,1-2H3,(H,13,16). The smallest absolute Gasteiger partial charge is 0.305 e. The molecule has 0 fully saturated rings. The molecule has 0 heterocycles. The van der Waals surface area contributed by atoms with Gasteiger partial charge in [-0.2, -0.15) is 0 Å². The lowest BCUT2D eigenvalue weighted by Gasteiger charge is -2.01. The van der Waals surface area contributed by atoms with Crippen LogP contribution in [0.2, 0.25) is 0 Å². The maximum Gasteiger partial charge on any atom is 0.305 e. The molecule has 0 aromatic rings. The van der Waals surface area contributed by atoms with Crippen molar-refractivity contribution in [3.8, 4) is 0 Å². The molecule has 0 aromatic heterocycles. The highest BCUT2D eigenvalue weighted by Gasteiger charge is 2.09. The first-order valence-corrected chi connectivity index (χ1v) is 5.67. The average Bonchev–Trinajstić information content (AvgIpc) is 2.34. The van der Waals surface area contributed by atoms with Crippen molar-refractivity contribution in [3.63, 3.8) is 0 Å². The van der Waals surface area contributed by atoms with Crippen molar-refractivity contribution in [1.82, 2.24) is 5.32 Å². The number of esters is 1. The molecule has 0 saturated heterocycles. The second-order valence-corrected chi connectivity index (χ2v) is 3.49. The van der Waals surface area contributed by atoms with Crippen LogP contribution in [0.15, 0.2) is 12.2 Å². The molecule has 0 radical (unpaired) electrons. The zero-order valence-electron chi connectivity index (χ0n) is 10.3. The van der Waals surface area contributed by atoms with Crippen molar-refractivity contribution >= 4 is 17.7 Å². The number of allylic oxidation sites excluding steroid dienone is 1. The lowest BCUT2D eigenvalue weighted by Crippen LogP contribution is -2.30. The normalized spacial score (nSPS) is 10.2. The summed E-state index contributed by atoms with van der Waals surface area (Å²) in [5, 5.41) is 2.44. The number of carbonyl (C=O) groups excluding carboxylic acids is 3. The van der Waals surface area contributed by atoms with E-state index in [1.165, 1.54) is 13.2 Å². The minimum atomic E-state index is -0.637. The molecule has 1 amide bonds. The van der Waals surface area contributed by atoms with Gasteiger partial charge in [-0.3, -0.25) is 14.4 Å². The lowest BCUT2D eigenvalue weighted by molar-refractivity contribution is -0.140. The van der Waals surface area contributed by atoms with Gasteiger partial charge in [0.2, 0.25) is 5.78 Å². The van der Waals surface area contributed by atoms with Gasteiger partial charge >= 0.3 is 5.97 Å². The van der Waals surface area contributed by atoms with Crippen LogP contribution in [0.4, 0.5) is 0 Å². The number of hydrogen-bond acceptors (Lipinski definition) is 4. The van der Waals surface area contributed by atoms with E-state index < -0.39 is 11.7 Å². The van der Waals surface area contributed by atoms with Gasteiger partial charge in [-0.25, -0.2) is 0 Å². The van der Waals surface area contributed by atoms with Crippen LogP contribution in [0.25, 0.3) is 0 Å². The molecular weight excluding hydrogens is 222 g/mol. The molecule has 1 N–H and O–H groups in total. The van der Waals surface area contributed by atoms with E-state index in [1.54, 1.807) is 6.08 Å². The van der Waals surface area contributed by atoms with E-state index >= 15 is 0 Å². The Kier molecular flexibility index (Phi) is 8.64. The monoisotopic (exact) mass is 241 g/mol. The lowest BCUT2D eigenvalue weighted by atomic mass is 10.2. The number of nitrogens with one attached hydrogen (secondary N) is 1. The third kappa shape index (κ3) is 8.19. The number of ketones is 1. The Labute approximate surface area is 101 Å². The molecule has 0 unspecified atom stereocenters. The molecule has 0 spiro atoms. The fourth-order valence-electron chi connectivity index (χ4n) is 1.06. The predicted molar refractivity (Wildman–Crippen MR) is 63.3 cm³/mol. The summed E-state index contributed by atoms with van der Waals surface area (Å²) in [4.78, 5) is 33.2. The molecule has 17 heavy (non-hydrogen) atoms. The van der Waals surface area contributed by atoms with Crippen LogP contribution in [0, 0.1) is 0 Å². The van der Waals surface area contributed by atoms with Crippen LogP contribution in [-0.4, -0.2) is 31.3 Å². The quantitative estimate of drug-likeness (QED) is 0.297. The van der Waals surface area contributed by atoms with Crippen LogP contribution in [0.5, 0.6) is 0 Å². The molecule has 0 saturated carbocycles. The van der Waals surface area contributed by atoms with E-state index in [4.69, 9.17) is 0 Å². The summed E-state index contributed by atoms with van der Waals surface area (Å²) in [5.74, 6) is -1.52. The zero-order valence-corrected chi connectivity index (χ0v) is 10.3. The Morgan fingerprint density at radius 1 is 1.29 bits per heavy atom. The molecule has 96 valence electrons. The van der Waals surface area contributed by atoms with Crippen molar-refractivity contribution in [2.75, 3.05) is 13.7 Å². The summed E-state index contributed by atoms with van der Waals surface area (Å²) in [7, 11) is 1.31. The summed E-state index contributed by atoms with van der Waals surface area (Å²) >= 11 is 0. The summed E-state index contributed by atoms with van der Waals surface area (Å²) in [6.07, 6.45) is 5.36. The van der Waals surface area contributed by atoms with Gasteiger partial charge < -0.3 is 10.1 Å². The SMILES string of the molecule is CCCC=CC(=O)C(=O)NCCCC(=O)OC. The second kappa shape index (κ2) is 9.57. The van der Waals surface area contributed by atoms with E-state index in [2.05, 4.69) is 10.1 Å². The number of hydrogen-bond donors (Lipinski definition) is 1. The highest BCUT2D eigenvalue weighted by atomic mass is 16.5. The largest absolute Gasteiger partial charge is 0.469 e. The first-order chi connectivity index (χ1) is 8.11. The Balaban J connectivity index is 3.71. The molecule has 0 aliphatic heterocycles. The number of amides is 1. The van der Waals surface area contributed by atoms with E-state index in [-0.39, 0.29) is 12.4 Å². The molecule has 0 bridgehead atoms. The number of ether oxygens (including phenoxy) is 1. The first kappa shape index (κ1) is 15.3. The molecule has 0 aliphatic carbocycles. The number of carbonyl (C=O) groups is 3.